The maximum Gasteiger partial charge on any atom is 0.416 e. The van der Waals surface area contributed by atoms with Gasteiger partial charge >= 0.3 is 12.1 Å². The molecule has 0 amide bonds. The van der Waals surface area contributed by atoms with E-state index in [1.54, 1.807) is 30.3 Å². The first-order chi connectivity index (χ1) is 12.2. The molecule has 0 saturated carbocycles. The summed E-state index contributed by atoms with van der Waals surface area (Å²) in [5, 5.41) is 0. The van der Waals surface area contributed by atoms with Crippen LogP contribution in [0, 0.1) is 11.7 Å². The van der Waals surface area contributed by atoms with Crippen LogP contribution in [0.3, 0.4) is 0 Å². The lowest BCUT2D eigenvalue weighted by molar-refractivity contribution is -0.145. The molecule has 0 spiro atoms. The first kappa shape index (κ1) is 19.6. The number of benzene rings is 2. The molecule has 138 valence electrons. The molecule has 0 aliphatic rings. The van der Waals surface area contributed by atoms with Crippen molar-refractivity contribution in [3.63, 3.8) is 0 Å². The maximum absolute atomic E-state index is 13.4. The van der Waals surface area contributed by atoms with E-state index in [0.29, 0.717) is 12.1 Å². The zero-order valence-electron chi connectivity index (χ0n) is 13.8. The molecule has 1 atom stereocenters. The number of alkyl halides is 3. The van der Waals surface area contributed by atoms with Gasteiger partial charge in [0.25, 0.3) is 0 Å². The summed E-state index contributed by atoms with van der Waals surface area (Å²) < 4.78 is 56.6. The molecule has 0 aliphatic heterocycles. The van der Waals surface area contributed by atoms with Crippen LogP contribution in [-0.2, 0) is 22.3 Å². The number of esters is 1. The summed E-state index contributed by atoms with van der Waals surface area (Å²) in [6.45, 7) is 1.41. The number of Topliss-reactive ketones (excluding diaryl/α,β-unsaturated/α-hetero) is 1. The summed E-state index contributed by atoms with van der Waals surface area (Å²) in [7, 11) is 0. The van der Waals surface area contributed by atoms with E-state index in [9.17, 15) is 27.2 Å². The van der Waals surface area contributed by atoms with Crippen molar-refractivity contribution in [1.29, 1.82) is 0 Å². The lowest BCUT2D eigenvalue weighted by Crippen LogP contribution is -2.18. The zero-order chi connectivity index (χ0) is 19.3. The average molecular weight is 368 g/mol. The molecule has 7 heteroatoms. The Bertz CT molecular complexity index is 785. The van der Waals surface area contributed by atoms with Crippen molar-refractivity contribution in [1.82, 2.24) is 0 Å². The van der Waals surface area contributed by atoms with E-state index in [2.05, 4.69) is 0 Å². The summed E-state index contributed by atoms with van der Waals surface area (Å²) in [4.78, 5) is 24.1. The molecule has 0 bridgehead atoms. The lowest BCUT2D eigenvalue weighted by atomic mass is 9.95. The van der Waals surface area contributed by atoms with E-state index in [0.717, 1.165) is 11.6 Å². The summed E-state index contributed by atoms with van der Waals surface area (Å²) in [5.41, 5.74) is -0.917. The summed E-state index contributed by atoms with van der Waals surface area (Å²) in [6, 6.07) is 10.5. The molecule has 0 aromatic heterocycles. The van der Waals surface area contributed by atoms with E-state index >= 15 is 0 Å². The number of halogens is 4. The molecule has 26 heavy (non-hydrogen) atoms. The largest absolute Gasteiger partial charge is 0.461 e. The Hall–Kier alpha value is -2.70. The quantitative estimate of drug-likeness (QED) is 0.418. The minimum Gasteiger partial charge on any atom is -0.461 e. The molecular weight excluding hydrogens is 352 g/mol. The van der Waals surface area contributed by atoms with Crippen molar-refractivity contribution in [2.75, 3.05) is 0 Å². The minimum absolute atomic E-state index is 0.0266. The van der Waals surface area contributed by atoms with Crippen LogP contribution < -0.4 is 0 Å². The van der Waals surface area contributed by atoms with Gasteiger partial charge in [0, 0.05) is 11.5 Å². The Morgan fingerprint density at radius 2 is 1.73 bits per heavy atom. The van der Waals surface area contributed by atoms with E-state index < -0.39 is 40.8 Å². The summed E-state index contributed by atoms with van der Waals surface area (Å²) in [6.07, 6.45) is -5.08. The van der Waals surface area contributed by atoms with E-state index in [1.807, 2.05) is 0 Å². The van der Waals surface area contributed by atoms with Crippen LogP contribution in [0.1, 0.15) is 34.8 Å². The van der Waals surface area contributed by atoms with Crippen LogP contribution in [0.2, 0.25) is 0 Å². The van der Waals surface area contributed by atoms with Gasteiger partial charge in [0.05, 0.1) is 12.0 Å². The number of ketones is 1. The number of carbonyl (C=O) groups is 2. The zero-order valence-corrected chi connectivity index (χ0v) is 13.8. The van der Waals surface area contributed by atoms with Crippen LogP contribution in [0.25, 0.3) is 0 Å². The molecule has 0 fully saturated rings. The van der Waals surface area contributed by atoms with Gasteiger partial charge in [0.1, 0.15) is 12.4 Å². The highest BCUT2D eigenvalue weighted by atomic mass is 19.4. The van der Waals surface area contributed by atoms with E-state index in [1.165, 1.54) is 6.92 Å². The number of rotatable bonds is 6. The van der Waals surface area contributed by atoms with Crippen molar-refractivity contribution in [2.45, 2.75) is 26.1 Å². The molecule has 0 saturated heterocycles. The number of ether oxygens (including phenoxy) is 1. The second-order valence-corrected chi connectivity index (χ2v) is 5.84. The van der Waals surface area contributed by atoms with Crippen molar-refractivity contribution < 1.29 is 31.9 Å². The van der Waals surface area contributed by atoms with Gasteiger partial charge < -0.3 is 4.74 Å². The Balaban J connectivity index is 2.01. The van der Waals surface area contributed by atoms with E-state index in [4.69, 9.17) is 4.74 Å². The van der Waals surface area contributed by atoms with E-state index in [-0.39, 0.29) is 13.0 Å². The molecular formula is C19H16F4O3. The fourth-order valence-electron chi connectivity index (χ4n) is 2.32. The molecule has 0 N–H and O–H groups in total. The second-order valence-electron chi connectivity index (χ2n) is 5.84. The number of hydrogen-bond acceptors (Lipinski definition) is 3. The predicted molar refractivity (Wildman–Crippen MR) is 85.8 cm³/mol. The van der Waals surface area contributed by atoms with Crippen LogP contribution >= 0.6 is 0 Å². The first-order valence-corrected chi connectivity index (χ1v) is 7.78. The summed E-state index contributed by atoms with van der Waals surface area (Å²) in [5.74, 6) is -3.53. The minimum atomic E-state index is -4.77. The van der Waals surface area contributed by atoms with Gasteiger partial charge in [-0.1, -0.05) is 37.3 Å². The molecule has 0 unspecified atom stereocenters. The smallest absolute Gasteiger partial charge is 0.416 e. The highest BCUT2D eigenvalue weighted by Gasteiger charge is 2.32. The second kappa shape index (κ2) is 8.12. The van der Waals surface area contributed by atoms with Gasteiger partial charge in [0.15, 0.2) is 5.78 Å². The maximum atomic E-state index is 13.4. The highest BCUT2D eigenvalue weighted by molar-refractivity contribution is 5.99. The molecule has 2 rings (SSSR count). The highest BCUT2D eigenvalue weighted by Crippen LogP contribution is 2.31. The third kappa shape index (κ3) is 5.40. The third-order valence-electron chi connectivity index (χ3n) is 3.67. The molecule has 0 radical (unpaired) electrons. The Morgan fingerprint density at radius 1 is 1.08 bits per heavy atom. The average Bonchev–Trinajstić information content (AvgIpc) is 2.59. The molecule has 0 aliphatic carbocycles. The van der Waals surface area contributed by atoms with Crippen LogP contribution in [0.15, 0.2) is 48.5 Å². The van der Waals surface area contributed by atoms with Crippen molar-refractivity contribution in [3.8, 4) is 0 Å². The van der Waals surface area contributed by atoms with Crippen molar-refractivity contribution >= 4 is 11.8 Å². The van der Waals surface area contributed by atoms with Gasteiger partial charge in [-0.05, 0) is 23.8 Å². The number of carbonyl (C=O) groups excluding carboxylic acids is 2. The fourth-order valence-corrected chi connectivity index (χ4v) is 2.32. The Morgan fingerprint density at radius 3 is 2.35 bits per heavy atom. The molecule has 2 aromatic carbocycles. The molecule has 3 nitrogen and oxygen atoms in total. The van der Waals surface area contributed by atoms with Gasteiger partial charge in [-0.15, -0.1) is 0 Å². The normalized spacial score (nSPS) is 12.5. The van der Waals surface area contributed by atoms with Gasteiger partial charge in [-0.3, -0.25) is 9.59 Å². The standard InChI is InChI=1S/C19H16F4O3/c1-12(7-17(24)26-11-13-5-3-2-4-6-13)18(25)14-8-15(19(21,22)23)10-16(20)9-14/h2-6,8-10,12H,7,11H2,1H3/t12-/m1/s1. The Kier molecular flexibility index (Phi) is 6.13. The fraction of sp³-hybridized carbons (Fsp3) is 0.263. The molecule has 2 aromatic rings. The van der Waals surface area contributed by atoms with Gasteiger partial charge in [-0.25, -0.2) is 4.39 Å². The lowest BCUT2D eigenvalue weighted by Gasteiger charge is -2.13. The summed E-state index contributed by atoms with van der Waals surface area (Å²) >= 11 is 0. The van der Waals surface area contributed by atoms with Crippen molar-refractivity contribution in [2.24, 2.45) is 5.92 Å². The SMILES string of the molecule is C[C@H](CC(=O)OCc1ccccc1)C(=O)c1cc(F)cc(C(F)(F)F)c1. The monoisotopic (exact) mass is 368 g/mol. The number of hydrogen-bond donors (Lipinski definition) is 0. The molecule has 0 heterocycles. The topological polar surface area (TPSA) is 43.4 Å². The van der Waals surface area contributed by atoms with Crippen molar-refractivity contribution in [3.05, 3.63) is 71.0 Å². The van der Waals surface area contributed by atoms with Crippen LogP contribution in [0.5, 0.6) is 0 Å². The predicted octanol–water partition coefficient (Wildman–Crippen LogP) is 4.80. The Labute approximate surface area is 147 Å². The third-order valence-corrected chi connectivity index (χ3v) is 3.67. The first-order valence-electron chi connectivity index (χ1n) is 7.78. The van der Waals surface area contributed by atoms with Gasteiger partial charge in [-0.2, -0.15) is 13.2 Å². The van der Waals surface area contributed by atoms with Gasteiger partial charge in [0.2, 0.25) is 0 Å². The van der Waals surface area contributed by atoms with Crippen LogP contribution in [0.4, 0.5) is 17.6 Å². The van der Waals surface area contributed by atoms with Crippen LogP contribution in [-0.4, -0.2) is 11.8 Å².